The number of rotatable bonds is 10. The highest BCUT2D eigenvalue weighted by molar-refractivity contribution is 5.79. The van der Waals surface area contributed by atoms with Gasteiger partial charge in [0.1, 0.15) is 0 Å². The molecule has 5 heteroatoms. The molecule has 0 saturated carbocycles. The first-order valence-electron chi connectivity index (χ1n) is 8.00. The molecule has 0 aromatic rings. The summed E-state index contributed by atoms with van der Waals surface area (Å²) in [5.41, 5.74) is 0. The highest BCUT2D eigenvalue weighted by atomic mass is 16.5. The summed E-state index contributed by atoms with van der Waals surface area (Å²) < 4.78 is 11.1. The Morgan fingerprint density at radius 2 is 2.05 bits per heavy atom. The summed E-state index contributed by atoms with van der Waals surface area (Å²) in [5, 5.41) is 6.62. The maximum atomic E-state index is 5.62. The molecule has 0 aromatic heterocycles. The monoisotopic (exact) mass is 285 g/mol. The van der Waals surface area contributed by atoms with Crippen molar-refractivity contribution in [1.82, 2.24) is 10.6 Å². The van der Waals surface area contributed by atoms with E-state index in [1.54, 1.807) is 0 Å². The molecule has 0 aliphatic carbocycles. The van der Waals surface area contributed by atoms with E-state index in [1.165, 1.54) is 25.7 Å². The number of hydrogen-bond donors (Lipinski definition) is 2. The molecule has 20 heavy (non-hydrogen) atoms. The van der Waals surface area contributed by atoms with Crippen molar-refractivity contribution in [3.05, 3.63) is 0 Å². The van der Waals surface area contributed by atoms with Crippen LogP contribution in [0.2, 0.25) is 0 Å². The molecule has 118 valence electrons. The number of nitrogens with one attached hydrogen (secondary N) is 2. The second-order valence-electron chi connectivity index (χ2n) is 5.20. The molecule has 0 bridgehead atoms. The van der Waals surface area contributed by atoms with Crippen molar-refractivity contribution >= 4 is 5.96 Å². The van der Waals surface area contributed by atoms with Crippen molar-refractivity contribution in [3.8, 4) is 0 Å². The van der Waals surface area contributed by atoms with Crippen LogP contribution in [0, 0.1) is 0 Å². The molecule has 1 fully saturated rings. The zero-order chi connectivity index (χ0) is 14.5. The lowest BCUT2D eigenvalue weighted by atomic mass is 10.2. The quantitative estimate of drug-likeness (QED) is 0.366. The van der Waals surface area contributed by atoms with Crippen molar-refractivity contribution in [2.24, 2.45) is 4.99 Å². The average molecular weight is 285 g/mol. The second-order valence-corrected chi connectivity index (χ2v) is 5.20. The Morgan fingerprint density at radius 1 is 1.25 bits per heavy atom. The van der Waals surface area contributed by atoms with E-state index in [9.17, 15) is 0 Å². The minimum Gasteiger partial charge on any atom is -0.379 e. The summed E-state index contributed by atoms with van der Waals surface area (Å²) in [6.45, 7) is 6.50. The molecular formula is C15H31N3O2. The number of nitrogens with zero attached hydrogens (tertiary/aromatic N) is 1. The first-order chi connectivity index (χ1) is 9.86. The van der Waals surface area contributed by atoms with Crippen LogP contribution in [0.4, 0.5) is 0 Å². The lowest BCUT2D eigenvalue weighted by Crippen LogP contribution is -2.38. The molecule has 1 atom stereocenters. The summed E-state index contributed by atoms with van der Waals surface area (Å²) in [6, 6.07) is 0. The Hall–Kier alpha value is -0.810. The first kappa shape index (κ1) is 17.2. The van der Waals surface area contributed by atoms with Gasteiger partial charge in [-0.2, -0.15) is 0 Å². The van der Waals surface area contributed by atoms with Crippen LogP contribution >= 0.6 is 0 Å². The molecule has 1 rings (SSSR count). The average Bonchev–Trinajstić information content (AvgIpc) is 2.98. The van der Waals surface area contributed by atoms with Gasteiger partial charge in [-0.15, -0.1) is 0 Å². The molecule has 0 aromatic carbocycles. The van der Waals surface area contributed by atoms with Gasteiger partial charge in [0.2, 0.25) is 0 Å². The third-order valence-electron chi connectivity index (χ3n) is 3.38. The smallest absolute Gasteiger partial charge is 0.190 e. The van der Waals surface area contributed by atoms with Crippen LogP contribution in [0.25, 0.3) is 0 Å². The zero-order valence-corrected chi connectivity index (χ0v) is 13.1. The summed E-state index contributed by atoms with van der Waals surface area (Å²) in [7, 11) is 1.81. The molecule has 1 heterocycles. The van der Waals surface area contributed by atoms with Gasteiger partial charge in [-0.1, -0.05) is 19.8 Å². The van der Waals surface area contributed by atoms with Crippen LogP contribution in [-0.2, 0) is 9.47 Å². The fraction of sp³-hybridized carbons (Fsp3) is 0.933. The fourth-order valence-electron chi connectivity index (χ4n) is 2.17. The van der Waals surface area contributed by atoms with Crippen LogP contribution < -0.4 is 10.6 Å². The highest BCUT2D eigenvalue weighted by Gasteiger charge is 2.14. The van der Waals surface area contributed by atoms with E-state index in [4.69, 9.17) is 9.47 Å². The summed E-state index contributed by atoms with van der Waals surface area (Å²) >= 11 is 0. The maximum absolute atomic E-state index is 5.62. The number of aliphatic imine (C=N–C) groups is 1. The van der Waals surface area contributed by atoms with E-state index in [0.717, 1.165) is 51.7 Å². The number of guanidine groups is 1. The van der Waals surface area contributed by atoms with Gasteiger partial charge in [0.05, 0.1) is 12.7 Å². The number of unbranched alkanes of at least 4 members (excludes halogenated alkanes) is 2. The van der Waals surface area contributed by atoms with Crippen molar-refractivity contribution in [3.63, 3.8) is 0 Å². The molecule has 0 amide bonds. The minimum absolute atomic E-state index is 0.330. The largest absolute Gasteiger partial charge is 0.379 e. The van der Waals surface area contributed by atoms with Crippen molar-refractivity contribution in [2.75, 3.05) is 40.0 Å². The summed E-state index contributed by atoms with van der Waals surface area (Å²) in [6.07, 6.45) is 7.35. The summed E-state index contributed by atoms with van der Waals surface area (Å²) in [4.78, 5) is 4.20. The van der Waals surface area contributed by atoms with Gasteiger partial charge < -0.3 is 20.1 Å². The van der Waals surface area contributed by atoms with Crippen LogP contribution in [-0.4, -0.2) is 52.0 Å². The Kier molecular flexibility index (Phi) is 10.3. The normalized spacial score (nSPS) is 19.3. The van der Waals surface area contributed by atoms with E-state index in [2.05, 4.69) is 22.5 Å². The molecule has 0 radical (unpaired) electrons. The molecule has 1 saturated heterocycles. The van der Waals surface area contributed by atoms with E-state index in [0.29, 0.717) is 6.10 Å². The number of hydrogen-bond acceptors (Lipinski definition) is 3. The molecule has 1 aliphatic heterocycles. The fourth-order valence-corrected chi connectivity index (χ4v) is 2.17. The third kappa shape index (κ3) is 8.38. The lowest BCUT2D eigenvalue weighted by molar-refractivity contribution is 0.0168. The molecule has 1 unspecified atom stereocenters. The Bertz CT molecular complexity index is 254. The Balaban J connectivity index is 1.90. The van der Waals surface area contributed by atoms with Crippen molar-refractivity contribution < 1.29 is 9.47 Å². The Morgan fingerprint density at radius 3 is 2.70 bits per heavy atom. The molecule has 5 nitrogen and oxygen atoms in total. The topological polar surface area (TPSA) is 54.9 Å². The molecular weight excluding hydrogens is 254 g/mol. The van der Waals surface area contributed by atoms with Crippen molar-refractivity contribution in [2.45, 2.75) is 51.6 Å². The predicted octanol–water partition coefficient (Wildman–Crippen LogP) is 1.93. The van der Waals surface area contributed by atoms with Gasteiger partial charge in [0.15, 0.2) is 5.96 Å². The molecule has 0 spiro atoms. The van der Waals surface area contributed by atoms with E-state index in [-0.39, 0.29) is 0 Å². The van der Waals surface area contributed by atoms with Crippen LogP contribution in [0.15, 0.2) is 4.99 Å². The second kappa shape index (κ2) is 12.0. The van der Waals surface area contributed by atoms with Gasteiger partial charge in [0.25, 0.3) is 0 Å². The van der Waals surface area contributed by atoms with Gasteiger partial charge in [-0.3, -0.25) is 4.99 Å². The zero-order valence-electron chi connectivity index (χ0n) is 13.1. The van der Waals surface area contributed by atoms with Crippen LogP contribution in [0.5, 0.6) is 0 Å². The van der Waals surface area contributed by atoms with Gasteiger partial charge in [-0.05, 0) is 25.7 Å². The van der Waals surface area contributed by atoms with Gasteiger partial charge in [0, 0.05) is 33.4 Å². The Labute approximate surface area is 123 Å². The SMILES string of the molecule is CCCCCNC(=NC)NCCCOCC1CCCO1. The maximum Gasteiger partial charge on any atom is 0.190 e. The minimum atomic E-state index is 0.330. The van der Waals surface area contributed by atoms with Crippen LogP contribution in [0.3, 0.4) is 0 Å². The van der Waals surface area contributed by atoms with E-state index in [1.807, 2.05) is 7.05 Å². The lowest BCUT2D eigenvalue weighted by Gasteiger charge is -2.12. The summed E-state index contributed by atoms with van der Waals surface area (Å²) in [5.74, 6) is 0.889. The van der Waals surface area contributed by atoms with E-state index >= 15 is 0 Å². The first-order valence-corrected chi connectivity index (χ1v) is 8.00. The van der Waals surface area contributed by atoms with Crippen LogP contribution in [0.1, 0.15) is 45.4 Å². The standard InChI is InChI=1S/C15H31N3O2/c1-3-4-5-9-17-15(16-2)18-10-7-11-19-13-14-8-6-12-20-14/h14H,3-13H2,1-2H3,(H2,16,17,18). The third-order valence-corrected chi connectivity index (χ3v) is 3.38. The molecule has 2 N–H and O–H groups in total. The van der Waals surface area contributed by atoms with Gasteiger partial charge in [-0.25, -0.2) is 0 Å². The predicted molar refractivity (Wildman–Crippen MR) is 83.3 cm³/mol. The highest BCUT2D eigenvalue weighted by Crippen LogP contribution is 2.11. The van der Waals surface area contributed by atoms with Crippen molar-refractivity contribution in [1.29, 1.82) is 0 Å². The number of ether oxygens (including phenoxy) is 2. The molecule has 1 aliphatic rings. The van der Waals surface area contributed by atoms with Gasteiger partial charge >= 0.3 is 0 Å². The van der Waals surface area contributed by atoms with E-state index < -0.39 is 0 Å².